The molecule has 24 heavy (non-hydrogen) atoms. The van der Waals surface area contributed by atoms with Gasteiger partial charge < -0.3 is 9.47 Å². The second kappa shape index (κ2) is 5.09. The molecule has 2 aromatic carbocycles. The van der Waals surface area contributed by atoms with Crippen molar-refractivity contribution in [3.05, 3.63) is 60.2 Å². The zero-order valence-electron chi connectivity index (χ0n) is 12.4. The molecule has 2 heterocycles. The summed E-state index contributed by atoms with van der Waals surface area (Å²) in [6, 6.07) is 11.0. The van der Waals surface area contributed by atoms with Gasteiger partial charge in [0.2, 0.25) is 0 Å². The van der Waals surface area contributed by atoms with Crippen LogP contribution in [0.15, 0.2) is 48.8 Å². The molecule has 4 rings (SSSR count). The van der Waals surface area contributed by atoms with Gasteiger partial charge in [0.1, 0.15) is 12.4 Å². The second-order valence-electron chi connectivity index (χ2n) is 5.66. The van der Waals surface area contributed by atoms with Gasteiger partial charge in [-0.15, -0.1) is 0 Å². The molecular formula is C17H12F3N3O. The highest BCUT2D eigenvalue weighted by Crippen LogP contribution is 2.37. The number of rotatable bonds is 3. The number of anilines is 1. The Labute approximate surface area is 135 Å². The fraction of sp³-hybridized carbons (Fsp3) is 0.176. The Balaban J connectivity index is 1.72. The molecule has 0 saturated heterocycles. The molecule has 0 aliphatic carbocycles. The van der Waals surface area contributed by atoms with Crippen LogP contribution in [0.5, 0.6) is 0 Å². The van der Waals surface area contributed by atoms with Crippen molar-refractivity contribution in [3.63, 3.8) is 0 Å². The van der Waals surface area contributed by atoms with Crippen molar-refractivity contribution in [1.82, 2.24) is 9.55 Å². The number of hydrogen-bond acceptors (Lipinski definition) is 2. The summed E-state index contributed by atoms with van der Waals surface area (Å²) in [5.41, 5.74) is 1.27. The Morgan fingerprint density at radius 2 is 1.83 bits per heavy atom. The molecule has 0 atom stereocenters. The summed E-state index contributed by atoms with van der Waals surface area (Å²) in [7, 11) is 0. The SMILES string of the molecule is O=C1c2cccc3cccc(c23)N1Cc1nccn1CC(F)(F)F. The topological polar surface area (TPSA) is 38.1 Å². The minimum absolute atomic E-state index is 0.00426. The lowest BCUT2D eigenvalue weighted by Gasteiger charge is -2.18. The van der Waals surface area contributed by atoms with Crippen LogP contribution in [0.25, 0.3) is 10.8 Å². The lowest BCUT2D eigenvalue weighted by atomic mass is 10.1. The van der Waals surface area contributed by atoms with E-state index in [0.29, 0.717) is 11.3 Å². The summed E-state index contributed by atoms with van der Waals surface area (Å²) >= 11 is 0. The number of nitrogens with zero attached hydrogens (tertiary/aromatic N) is 3. The van der Waals surface area contributed by atoms with Gasteiger partial charge in [0, 0.05) is 23.3 Å². The van der Waals surface area contributed by atoms with E-state index in [1.807, 2.05) is 18.2 Å². The van der Waals surface area contributed by atoms with Gasteiger partial charge >= 0.3 is 6.18 Å². The monoisotopic (exact) mass is 331 g/mol. The van der Waals surface area contributed by atoms with Gasteiger partial charge in [-0.3, -0.25) is 4.79 Å². The Hall–Kier alpha value is -2.83. The Morgan fingerprint density at radius 1 is 1.08 bits per heavy atom. The van der Waals surface area contributed by atoms with Gasteiger partial charge in [0.05, 0.1) is 12.2 Å². The Bertz CT molecular complexity index is 940. The largest absolute Gasteiger partial charge is 0.406 e. The van der Waals surface area contributed by atoms with Gasteiger partial charge in [-0.2, -0.15) is 13.2 Å². The normalized spacial score (nSPS) is 14.0. The number of hydrogen-bond donors (Lipinski definition) is 0. The van der Waals surface area contributed by atoms with Crippen molar-refractivity contribution in [3.8, 4) is 0 Å². The van der Waals surface area contributed by atoms with Crippen LogP contribution >= 0.6 is 0 Å². The molecule has 0 saturated carbocycles. The first-order valence-corrected chi connectivity index (χ1v) is 7.34. The molecule has 1 amide bonds. The molecular weight excluding hydrogens is 319 g/mol. The predicted molar refractivity (Wildman–Crippen MR) is 82.7 cm³/mol. The van der Waals surface area contributed by atoms with Crippen LogP contribution in [0.1, 0.15) is 16.2 Å². The molecule has 122 valence electrons. The van der Waals surface area contributed by atoms with Gasteiger partial charge in [0.15, 0.2) is 0 Å². The fourth-order valence-electron chi connectivity index (χ4n) is 3.11. The average Bonchev–Trinajstić information content (AvgIpc) is 3.06. The molecule has 3 aromatic rings. The fourth-order valence-corrected chi connectivity index (χ4v) is 3.11. The standard InChI is InChI=1S/C17H12F3N3O/c18-17(19,20)10-22-8-7-21-14(22)9-23-13-6-2-4-11-3-1-5-12(15(11)13)16(23)24/h1-8H,9-10H2. The van der Waals surface area contributed by atoms with Gasteiger partial charge in [-0.05, 0) is 17.5 Å². The minimum atomic E-state index is -4.34. The van der Waals surface area contributed by atoms with Crippen LogP contribution in [0.3, 0.4) is 0 Å². The highest BCUT2D eigenvalue weighted by molar-refractivity contribution is 6.24. The molecule has 1 aliphatic heterocycles. The van der Waals surface area contributed by atoms with Crippen LogP contribution in [0.2, 0.25) is 0 Å². The number of benzene rings is 2. The smallest absolute Gasteiger partial charge is 0.324 e. The highest BCUT2D eigenvalue weighted by atomic mass is 19.4. The van der Waals surface area contributed by atoms with Crippen molar-refractivity contribution in [1.29, 1.82) is 0 Å². The van der Waals surface area contributed by atoms with E-state index in [1.165, 1.54) is 17.3 Å². The third-order valence-corrected chi connectivity index (χ3v) is 4.10. The number of carbonyl (C=O) groups excluding carboxylic acids is 1. The van der Waals surface area contributed by atoms with Gasteiger partial charge in [-0.1, -0.05) is 24.3 Å². The maximum atomic E-state index is 12.7. The third-order valence-electron chi connectivity index (χ3n) is 4.10. The summed E-state index contributed by atoms with van der Waals surface area (Å²) in [5, 5.41) is 1.76. The van der Waals surface area contributed by atoms with Crippen LogP contribution in [0, 0.1) is 0 Å². The van der Waals surface area contributed by atoms with Crippen LogP contribution < -0.4 is 4.90 Å². The van der Waals surface area contributed by atoms with E-state index >= 15 is 0 Å². The van der Waals surface area contributed by atoms with Crippen molar-refractivity contribution in [2.75, 3.05) is 4.90 Å². The van der Waals surface area contributed by atoms with E-state index in [0.717, 1.165) is 15.3 Å². The second-order valence-corrected chi connectivity index (χ2v) is 5.66. The minimum Gasteiger partial charge on any atom is -0.324 e. The summed E-state index contributed by atoms with van der Waals surface area (Å²) < 4.78 is 39.0. The number of imidazole rings is 1. The summed E-state index contributed by atoms with van der Waals surface area (Å²) in [5.74, 6) is -0.0196. The summed E-state index contributed by atoms with van der Waals surface area (Å²) in [6.07, 6.45) is -1.75. The molecule has 4 nitrogen and oxygen atoms in total. The molecule has 7 heteroatoms. The molecule has 0 N–H and O–H groups in total. The Morgan fingerprint density at radius 3 is 2.58 bits per heavy atom. The van der Waals surface area contributed by atoms with Crippen molar-refractivity contribution in [2.24, 2.45) is 0 Å². The average molecular weight is 331 g/mol. The molecule has 0 radical (unpaired) electrons. The van der Waals surface area contributed by atoms with E-state index in [-0.39, 0.29) is 18.3 Å². The molecule has 0 bridgehead atoms. The van der Waals surface area contributed by atoms with Crippen LogP contribution in [-0.4, -0.2) is 21.6 Å². The first kappa shape index (κ1) is 14.7. The number of carbonyl (C=O) groups is 1. The number of halogens is 3. The summed E-state index contributed by atoms with van der Waals surface area (Å²) in [6.45, 7) is -1.13. The zero-order valence-corrected chi connectivity index (χ0v) is 12.4. The highest BCUT2D eigenvalue weighted by Gasteiger charge is 2.32. The van der Waals surface area contributed by atoms with Crippen molar-refractivity contribution in [2.45, 2.75) is 19.3 Å². The maximum Gasteiger partial charge on any atom is 0.406 e. The van der Waals surface area contributed by atoms with Crippen LogP contribution in [-0.2, 0) is 13.1 Å². The third kappa shape index (κ3) is 2.33. The van der Waals surface area contributed by atoms with E-state index in [4.69, 9.17) is 0 Å². The number of amides is 1. The van der Waals surface area contributed by atoms with Crippen molar-refractivity contribution < 1.29 is 18.0 Å². The number of alkyl halides is 3. The molecule has 0 unspecified atom stereocenters. The molecule has 0 fully saturated rings. The van der Waals surface area contributed by atoms with Gasteiger partial charge in [-0.25, -0.2) is 4.98 Å². The molecule has 1 aromatic heterocycles. The number of aromatic nitrogens is 2. The first-order chi connectivity index (χ1) is 11.4. The zero-order chi connectivity index (χ0) is 16.9. The van der Waals surface area contributed by atoms with E-state index in [9.17, 15) is 18.0 Å². The van der Waals surface area contributed by atoms with E-state index in [1.54, 1.807) is 18.2 Å². The lowest BCUT2D eigenvalue weighted by Crippen LogP contribution is -2.29. The quantitative estimate of drug-likeness (QED) is 0.733. The molecule has 1 aliphatic rings. The summed E-state index contributed by atoms with van der Waals surface area (Å²) in [4.78, 5) is 18.1. The van der Waals surface area contributed by atoms with Crippen LogP contribution in [0.4, 0.5) is 18.9 Å². The predicted octanol–water partition coefficient (Wildman–Crippen LogP) is 3.76. The van der Waals surface area contributed by atoms with Gasteiger partial charge in [0.25, 0.3) is 5.91 Å². The van der Waals surface area contributed by atoms with E-state index < -0.39 is 12.7 Å². The Kier molecular flexibility index (Phi) is 3.13. The maximum absolute atomic E-state index is 12.7. The van der Waals surface area contributed by atoms with E-state index in [2.05, 4.69) is 4.98 Å². The first-order valence-electron chi connectivity index (χ1n) is 7.34. The lowest BCUT2D eigenvalue weighted by molar-refractivity contribution is -0.141. The molecule has 0 spiro atoms. The van der Waals surface area contributed by atoms with Crippen molar-refractivity contribution >= 4 is 22.4 Å².